The Hall–Kier alpha value is -2.78. The number of carbonyl (C=O) groups excluding carboxylic acids is 2. The highest BCUT2D eigenvalue weighted by molar-refractivity contribution is 5.95. The van der Waals surface area contributed by atoms with Crippen LogP contribution in [0.25, 0.3) is 0 Å². The fraction of sp³-hybridized carbons (Fsp3) is 0.250. The fourth-order valence-electron chi connectivity index (χ4n) is 1.74. The van der Waals surface area contributed by atoms with Gasteiger partial charge in [-0.25, -0.2) is 25.4 Å². The average molecular weight is 315 g/mol. The first-order valence-corrected chi connectivity index (χ1v) is 6.12. The minimum absolute atomic E-state index is 0.0279. The van der Waals surface area contributed by atoms with Crippen LogP contribution in [0.5, 0.6) is 0 Å². The van der Waals surface area contributed by atoms with E-state index in [0.29, 0.717) is 5.71 Å². The molecule has 3 N–H and O–H groups in total. The van der Waals surface area contributed by atoms with Crippen LogP contribution in [0.3, 0.4) is 0 Å². The van der Waals surface area contributed by atoms with Crippen molar-refractivity contribution in [3.8, 4) is 0 Å². The van der Waals surface area contributed by atoms with Crippen molar-refractivity contribution in [3.05, 3.63) is 29.8 Å². The van der Waals surface area contributed by atoms with Gasteiger partial charge >= 0.3 is 18.2 Å². The Morgan fingerprint density at radius 1 is 1.36 bits per heavy atom. The monoisotopic (exact) mass is 315 g/mol. The first-order valence-electron chi connectivity index (χ1n) is 6.12. The molecule has 0 saturated heterocycles. The fourth-order valence-corrected chi connectivity index (χ4v) is 1.74. The number of para-hydroxylation sites is 1. The van der Waals surface area contributed by atoms with E-state index in [1.54, 1.807) is 6.92 Å². The third-order valence-corrected chi connectivity index (χ3v) is 2.69. The van der Waals surface area contributed by atoms with Crippen molar-refractivity contribution in [1.29, 1.82) is 0 Å². The molecule has 0 aliphatic carbocycles. The van der Waals surface area contributed by atoms with E-state index in [0.717, 1.165) is 17.1 Å². The molecule has 1 aliphatic rings. The molecule has 1 aromatic rings. The molecule has 0 saturated carbocycles. The van der Waals surface area contributed by atoms with Gasteiger partial charge in [0.2, 0.25) is 0 Å². The van der Waals surface area contributed by atoms with Gasteiger partial charge in [-0.05, 0) is 19.1 Å². The number of carbonyl (C=O) groups is 2. The number of urea groups is 2. The Balaban J connectivity index is 2.07. The third-order valence-electron chi connectivity index (χ3n) is 2.69. The van der Waals surface area contributed by atoms with Gasteiger partial charge in [0.25, 0.3) is 0 Å². The minimum atomic E-state index is -4.60. The Bertz CT molecular complexity index is 629. The average Bonchev–Trinajstić information content (AvgIpc) is 2.42. The second-order valence-electron chi connectivity index (χ2n) is 4.46. The normalized spacial score (nSPS) is 15.0. The summed E-state index contributed by atoms with van der Waals surface area (Å²) in [5.41, 5.74) is 3.42. The van der Waals surface area contributed by atoms with Crippen LogP contribution < -0.4 is 16.2 Å². The van der Waals surface area contributed by atoms with Crippen molar-refractivity contribution < 1.29 is 22.8 Å². The van der Waals surface area contributed by atoms with Crippen LogP contribution in [-0.4, -0.2) is 29.3 Å². The van der Waals surface area contributed by atoms with Crippen LogP contribution in [0, 0.1) is 0 Å². The highest BCUT2D eigenvalue weighted by atomic mass is 19.4. The maximum absolute atomic E-state index is 12.8. The van der Waals surface area contributed by atoms with E-state index in [1.165, 1.54) is 12.1 Å². The number of alkyl halides is 3. The lowest BCUT2D eigenvalue weighted by Crippen LogP contribution is -2.55. The standard InChI is InChI=1S/C12H12F3N5O2/c1-7-6-20(11(22)18-17-7)19-10(21)16-9-5-3-2-4-8(9)12(13,14)15/h2-5H,6H2,1H3,(H,18,22)(H2,16,19,21). The summed E-state index contributed by atoms with van der Waals surface area (Å²) in [6, 6.07) is 2.87. The first-order chi connectivity index (χ1) is 10.3. The number of hydrazine groups is 1. The summed E-state index contributed by atoms with van der Waals surface area (Å²) in [5.74, 6) is 0. The van der Waals surface area contributed by atoms with E-state index >= 15 is 0 Å². The molecule has 1 aromatic carbocycles. The van der Waals surface area contributed by atoms with Gasteiger partial charge in [0.05, 0.1) is 23.5 Å². The number of anilines is 1. The number of benzene rings is 1. The van der Waals surface area contributed by atoms with Crippen molar-refractivity contribution in [2.75, 3.05) is 11.9 Å². The number of hydrogen-bond acceptors (Lipinski definition) is 3. The predicted octanol–water partition coefficient (Wildman–Crippen LogP) is 2.14. The zero-order valence-electron chi connectivity index (χ0n) is 11.4. The van der Waals surface area contributed by atoms with Gasteiger partial charge in [-0.3, -0.25) is 0 Å². The van der Waals surface area contributed by atoms with Gasteiger partial charge < -0.3 is 5.32 Å². The second-order valence-corrected chi connectivity index (χ2v) is 4.46. The quantitative estimate of drug-likeness (QED) is 0.781. The maximum Gasteiger partial charge on any atom is 0.418 e. The Labute approximate surface area is 123 Å². The Morgan fingerprint density at radius 3 is 2.73 bits per heavy atom. The molecule has 22 heavy (non-hydrogen) atoms. The van der Waals surface area contributed by atoms with Crippen molar-refractivity contribution in [2.24, 2.45) is 5.10 Å². The molecule has 0 radical (unpaired) electrons. The molecule has 10 heteroatoms. The summed E-state index contributed by atoms with van der Waals surface area (Å²) < 4.78 is 38.4. The van der Waals surface area contributed by atoms with E-state index in [4.69, 9.17) is 0 Å². The van der Waals surface area contributed by atoms with Gasteiger partial charge in [-0.2, -0.15) is 18.3 Å². The summed E-state index contributed by atoms with van der Waals surface area (Å²) in [6.07, 6.45) is -4.60. The SMILES string of the molecule is CC1=NNC(=O)N(NC(=O)Nc2ccccc2C(F)(F)F)C1. The molecular weight excluding hydrogens is 303 g/mol. The minimum Gasteiger partial charge on any atom is -0.306 e. The van der Waals surface area contributed by atoms with E-state index in [2.05, 4.69) is 21.3 Å². The van der Waals surface area contributed by atoms with Gasteiger partial charge in [0, 0.05) is 0 Å². The second kappa shape index (κ2) is 5.92. The van der Waals surface area contributed by atoms with Crippen LogP contribution in [0.4, 0.5) is 28.4 Å². The Morgan fingerprint density at radius 2 is 2.05 bits per heavy atom. The molecule has 118 valence electrons. The van der Waals surface area contributed by atoms with Crippen LogP contribution in [0.15, 0.2) is 29.4 Å². The van der Waals surface area contributed by atoms with Crippen molar-refractivity contribution in [1.82, 2.24) is 15.9 Å². The van der Waals surface area contributed by atoms with E-state index in [1.807, 2.05) is 0 Å². The topological polar surface area (TPSA) is 85.8 Å². The number of nitrogens with zero attached hydrogens (tertiary/aromatic N) is 2. The molecule has 0 unspecified atom stereocenters. The maximum atomic E-state index is 12.8. The molecule has 4 amide bonds. The van der Waals surface area contributed by atoms with Gasteiger partial charge in [-0.15, -0.1) is 0 Å². The first kappa shape index (κ1) is 15.6. The van der Waals surface area contributed by atoms with Crippen molar-refractivity contribution >= 4 is 23.5 Å². The molecule has 0 aromatic heterocycles. The molecule has 0 spiro atoms. The summed E-state index contributed by atoms with van der Waals surface area (Å²) in [5, 5.41) is 6.62. The number of nitrogens with one attached hydrogen (secondary N) is 3. The van der Waals surface area contributed by atoms with Crippen LogP contribution >= 0.6 is 0 Å². The van der Waals surface area contributed by atoms with Gasteiger partial charge in [0.1, 0.15) is 0 Å². The number of halogens is 3. The predicted molar refractivity (Wildman–Crippen MR) is 71.9 cm³/mol. The van der Waals surface area contributed by atoms with E-state index < -0.39 is 29.5 Å². The summed E-state index contributed by atoms with van der Waals surface area (Å²) in [6.45, 7) is 1.64. The number of amides is 4. The zero-order chi connectivity index (χ0) is 16.3. The summed E-state index contributed by atoms with van der Waals surface area (Å²) in [4.78, 5) is 23.2. The molecule has 0 atom stereocenters. The van der Waals surface area contributed by atoms with Gasteiger partial charge in [0.15, 0.2) is 0 Å². The molecule has 0 bridgehead atoms. The lowest BCUT2D eigenvalue weighted by atomic mass is 10.1. The summed E-state index contributed by atoms with van der Waals surface area (Å²) in [7, 11) is 0. The largest absolute Gasteiger partial charge is 0.418 e. The van der Waals surface area contributed by atoms with E-state index in [9.17, 15) is 22.8 Å². The lowest BCUT2D eigenvalue weighted by molar-refractivity contribution is -0.136. The van der Waals surface area contributed by atoms with Crippen molar-refractivity contribution in [2.45, 2.75) is 13.1 Å². The van der Waals surface area contributed by atoms with Gasteiger partial charge in [-0.1, -0.05) is 12.1 Å². The zero-order valence-corrected chi connectivity index (χ0v) is 11.4. The molecule has 0 fully saturated rings. The number of hydrazone groups is 1. The molecular formula is C12H12F3N5O2. The molecule has 7 nitrogen and oxygen atoms in total. The molecule has 1 heterocycles. The third kappa shape index (κ3) is 3.65. The van der Waals surface area contributed by atoms with E-state index in [-0.39, 0.29) is 6.54 Å². The molecule has 1 aliphatic heterocycles. The van der Waals surface area contributed by atoms with Crippen LogP contribution in [0.2, 0.25) is 0 Å². The number of hydrogen-bond donors (Lipinski definition) is 3. The smallest absolute Gasteiger partial charge is 0.306 e. The van der Waals surface area contributed by atoms with Crippen LogP contribution in [0.1, 0.15) is 12.5 Å². The highest BCUT2D eigenvalue weighted by Crippen LogP contribution is 2.34. The Kier molecular flexibility index (Phi) is 4.20. The van der Waals surface area contributed by atoms with Crippen LogP contribution in [-0.2, 0) is 6.18 Å². The highest BCUT2D eigenvalue weighted by Gasteiger charge is 2.33. The number of rotatable bonds is 2. The van der Waals surface area contributed by atoms with Crippen molar-refractivity contribution in [3.63, 3.8) is 0 Å². The lowest BCUT2D eigenvalue weighted by Gasteiger charge is -2.26. The molecule has 2 rings (SSSR count). The summed E-state index contributed by atoms with van der Waals surface area (Å²) >= 11 is 0.